The highest BCUT2D eigenvalue weighted by atomic mass is 16.5. The first-order valence-corrected chi connectivity index (χ1v) is 9.35. The fraction of sp³-hybridized carbons (Fsp3) is 0.364. The zero-order valence-corrected chi connectivity index (χ0v) is 16.3. The third kappa shape index (κ3) is 5.84. The first-order valence-electron chi connectivity index (χ1n) is 9.35. The lowest BCUT2D eigenvalue weighted by Crippen LogP contribution is -2.31. The predicted molar refractivity (Wildman–Crippen MR) is 107 cm³/mol. The van der Waals surface area contributed by atoms with Gasteiger partial charge in [-0.05, 0) is 38.0 Å². The summed E-state index contributed by atoms with van der Waals surface area (Å²) < 4.78 is 5.48. The molecule has 0 fully saturated rings. The van der Waals surface area contributed by atoms with Crippen LogP contribution in [0.1, 0.15) is 48.7 Å². The van der Waals surface area contributed by atoms with Gasteiger partial charge in [0.15, 0.2) is 0 Å². The van der Waals surface area contributed by atoms with E-state index in [4.69, 9.17) is 4.74 Å². The van der Waals surface area contributed by atoms with Crippen LogP contribution < -0.4 is 10.1 Å². The Hall–Kier alpha value is -2.82. The largest absolute Gasteiger partial charge is 0.493 e. The number of para-hydroxylation sites is 1. The minimum atomic E-state index is -0.183. The van der Waals surface area contributed by atoms with Crippen molar-refractivity contribution >= 4 is 11.8 Å². The molecule has 144 valence electrons. The molecule has 0 aromatic heterocycles. The Morgan fingerprint density at radius 2 is 1.74 bits per heavy atom. The maximum Gasteiger partial charge on any atom is 0.255 e. The Balaban J connectivity index is 1.79. The SMILES string of the molecule is CCOc1ccccc1C(=O)NCCCC(=O)N(C)C(C)c1ccccc1. The number of nitrogens with one attached hydrogen (secondary N) is 1. The van der Waals surface area contributed by atoms with Crippen LogP contribution in [0.4, 0.5) is 0 Å². The highest BCUT2D eigenvalue weighted by Crippen LogP contribution is 2.19. The van der Waals surface area contributed by atoms with E-state index in [2.05, 4.69) is 5.32 Å². The Morgan fingerprint density at radius 1 is 1.07 bits per heavy atom. The quantitative estimate of drug-likeness (QED) is 0.685. The molecule has 0 saturated heterocycles. The van der Waals surface area contributed by atoms with Crippen LogP contribution >= 0.6 is 0 Å². The van der Waals surface area contributed by atoms with Crippen molar-refractivity contribution in [3.05, 3.63) is 65.7 Å². The fourth-order valence-electron chi connectivity index (χ4n) is 2.82. The van der Waals surface area contributed by atoms with E-state index >= 15 is 0 Å². The zero-order chi connectivity index (χ0) is 19.6. The van der Waals surface area contributed by atoms with Crippen molar-refractivity contribution in [1.29, 1.82) is 0 Å². The van der Waals surface area contributed by atoms with Crippen molar-refractivity contribution in [3.8, 4) is 5.75 Å². The number of ether oxygens (including phenoxy) is 1. The number of rotatable bonds is 9. The van der Waals surface area contributed by atoms with Gasteiger partial charge in [-0.15, -0.1) is 0 Å². The molecule has 0 heterocycles. The molecular formula is C22H28N2O3. The average Bonchev–Trinajstić information content (AvgIpc) is 2.71. The van der Waals surface area contributed by atoms with Crippen LogP contribution in [0.5, 0.6) is 5.75 Å². The topological polar surface area (TPSA) is 58.6 Å². The zero-order valence-electron chi connectivity index (χ0n) is 16.3. The van der Waals surface area contributed by atoms with Crippen molar-refractivity contribution in [3.63, 3.8) is 0 Å². The molecular weight excluding hydrogens is 340 g/mol. The van der Waals surface area contributed by atoms with Gasteiger partial charge in [-0.25, -0.2) is 0 Å². The summed E-state index contributed by atoms with van der Waals surface area (Å²) in [7, 11) is 1.82. The normalized spacial score (nSPS) is 11.5. The third-order valence-corrected chi connectivity index (χ3v) is 4.54. The van der Waals surface area contributed by atoms with Gasteiger partial charge in [0, 0.05) is 20.0 Å². The number of carbonyl (C=O) groups excluding carboxylic acids is 2. The molecule has 27 heavy (non-hydrogen) atoms. The standard InChI is InChI=1S/C22H28N2O3/c1-4-27-20-14-9-8-13-19(20)22(26)23-16-10-15-21(25)24(3)17(2)18-11-6-5-7-12-18/h5-9,11-14,17H,4,10,15-16H2,1-3H3,(H,23,26). The second-order valence-electron chi connectivity index (χ2n) is 6.38. The van der Waals surface area contributed by atoms with Gasteiger partial charge >= 0.3 is 0 Å². The first-order chi connectivity index (χ1) is 13.0. The van der Waals surface area contributed by atoms with E-state index in [1.807, 2.05) is 57.3 Å². The van der Waals surface area contributed by atoms with Gasteiger partial charge in [-0.3, -0.25) is 9.59 Å². The van der Waals surface area contributed by atoms with Crippen LogP contribution in [0.15, 0.2) is 54.6 Å². The summed E-state index contributed by atoms with van der Waals surface area (Å²) in [4.78, 5) is 26.5. The van der Waals surface area contributed by atoms with E-state index in [1.54, 1.807) is 23.1 Å². The molecule has 1 N–H and O–H groups in total. The molecule has 0 aliphatic carbocycles. The van der Waals surface area contributed by atoms with Gasteiger partial charge in [0.05, 0.1) is 18.2 Å². The van der Waals surface area contributed by atoms with Crippen molar-refractivity contribution in [2.75, 3.05) is 20.2 Å². The summed E-state index contributed by atoms with van der Waals surface area (Å²) in [6.45, 7) is 4.84. The monoisotopic (exact) mass is 368 g/mol. The molecule has 0 bridgehead atoms. The lowest BCUT2D eigenvalue weighted by Gasteiger charge is -2.25. The summed E-state index contributed by atoms with van der Waals surface area (Å²) in [5.41, 5.74) is 1.62. The van der Waals surface area contributed by atoms with E-state index in [-0.39, 0.29) is 17.9 Å². The summed E-state index contributed by atoms with van der Waals surface area (Å²) in [6.07, 6.45) is 0.980. The van der Waals surface area contributed by atoms with Gasteiger partial charge in [0.2, 0.25) is 5.91 Å². The Kier molecular flexibility index (Phi) is 7.86. The molecule has 0 spiro atoms. The maximum absolute atomic E-state index is 12.4. The average molecular weight is 368 g/mol. The summed E-state index contributed by atoms with van der Waals surface area (Å²) >= 11 is 0. The molecule has 0 aliphatic heterocycles. The van der Waals surface area contributed by atoms with E-state index in [0.29, 0.717) is 37.3 Å². The smallest absolute Gasteiger partial charge is 0.255 e. The number of nitrogens with zero attached hydrogens (tertiary/aromatic N) is 1. The molecule has 2 amide bonds. The highest BCUT2D eigenvalue weighted by molar-refractivity contribution is 5.96. The molecule has 1 atom stereocenters. The van der Waals surface area contributed by atoms with Crippen LogP contribution in [0, 0.1) is 0 Å². The third-order valence-electron chi connectivity index (χ3n) is 4.54. The van der Waals surface area contributed by atoms with Crippen LogP contribution in [0.3, 0.4) is 0 Å². The number of hydrogen-bond donors (Lipinski definition) is 1. The van der Waals surface area contributed by atoms with Crippen LogP contribution in [0.2, 0.25) is 0 Å². The molecule has 1 unspecified atom stereocenters. The van der Waals surface area contributed by atoms with Crippen molar-refractivity contribution in [1.82, 2.24) is 10.2 Å². The second-order valence-corrected chi connectivity index (χ2v) is 6.38. The highest BCUT2D eigenvalue weighted by Gasteiger charge is 2.17. The number of carbonyl (C=O) groups is 2. The lowest BCUT2D eigenvalue weighted by molar-refractivity contribution is -0.131. The van der Waals surface area contributed by atoms with Crippen molar-refractivity contribution < 1.29 is 14.3 Å². The Bertz CT molecular complexity index is 746. The van der Waals surface area contributed by atoms with Crippen LogP contribution in [-0.2, 0) is 4.79 Å². The van der Waals surface area contributed by atoms with Crippen LogP contribution in [0.25, 0.3) is 0 Å². The summed E-state index contributed by atoms with van der Waals surface area (Å²) in [5, 5.41) is 2.86. The van der Waals surface area contributed by atoms with Gasteiger partial charge in [0.25, 0.3) is 5.91 Å². The molecule has 2 rings (SSSR count). The molecule has 2 aromatic rings. The van der Waals surface area contributed by atoms with E-state index in [0.717, 1.165) is 5.56 Å². The minimum absolute atomic E-state index is 0.0198. The second kappa shape index (κ2) is 10.4. The van der Waals surface area contributed by atoms with Crippen molar-refractivity contribution in [2.45, 2.75) is 32.7 Å². The Labute approximate surface area is 161 Å². The van der Waals surface area contributed by atoms with Gasteiger partial charge in [0.1, 0.15) is 5.75 Å². The number of amides is 2. The Morgan fingerprint density at radius 3 is 2.44 bits per heavy atom. The molecule has 5 heteroatoms. The maximum atomic E-state index is 12.4. The molecule has 0 aliphatic rings. The molecule has 2 aromatic carbocycles. The van der Waals surface area contributed by atoms with E-state index in [1.165, 1.54) is 0 Å². The van der Waals surface area contributed by atoms with Gasteiger partial charge in [-0.1, -0.05) is 42.5 Å². The van der Waals surface area contributed by atoms with E-state index in [9.17, 15) is 9.59 Å². The van der Waals surface area contributed by atoms with E-state index < -0.39 is 0 Å². The minimum Gasteiger partial charge on any atom is -0.493 e. The molecule has 5 nitrogen and oxygen atoms in total. The lowest BCUT2D eigenvalue weighted by atomic mass is 10.1. The first kappa shape index (κ1) is 20.5. The van der Waals surface area contributed by atoms with Gasteiger partial charge < -0.3 is 15.0 Å². The summed E-state index contributed by atoms with van der Waals surface area (Å²) in [5.74, 6) is 0.456. The number of hydrogen-bond acceptors (Lipinski definition) is 3. The predicted octanol–water partition coefficient (Wildman–Crippen LogP) is 3.81. The number of benzene rings is 2. The van der Waals surface area contributed by atoms with Crippen molar-refractivity contribution in [2.24, 2.45) is 0 Å². The molecule has 0 radical (unpaired) electrons. The van der Waals surface area contributed by atoms with Gasteiger partial charge in [-0.2, -0.15) is 0 Å². The fourth-order valence-corrected chi connectivity index (χ4v) is 2.82. The summed E-state index contributed by atoms with van der Waals surface area (Å²) in [6, 6.07) is 17.1. The molecule has 0 saturated carbocycles. The van der Waals surface area contributed by atoms with Crippen LogP contribution in [-0.4, -0.2) is 36.9 Å².